The first-order valence-corrected chi connectivity index (χ1v) is 10.8. The van der Waals surface area contributed by atoms with Gasteiger partial charge in [0.15, 0.2) is 0 Å². The summed E-state index contributed by atoms with van der Waals surface area (Å²) >= 11 is 0. The number of anilines is 2. The van der Waals surface area contributed by atoms with Gasteiger partial charge in [0.2, 0.25) is 0 Å². The van der Waals surface area contributed by atoms with E-state index in [4.69, 9.17) is 9.47 Å². The van der Waals surface area contributed by atoms with Gasteiger partial charge in [0, 0.05) is 0 Å². The number of hydrogen-bond acceptors (Lipinski definition) is 5. The van der Waals surface area contributed by atoms with Crippen LogP contribution in [0.3, 0.4) is 0 Å². The third-order valence-electron chi connectivity index (χ3n) is 4.33. The third-order valence-corrected chi connectivity index (χ3v) is 5.29. The monoisotopic (exact) mass is 438 g/mol. The predicted molar refractivity (Wildman–Crippen MR) is 121 cm³/mol. The molecule has 0 atom stereocenters. The normalized spacial score (nSPS) is 11.2. The summed E-state index contributed by atoms with van der Waals surface area (Å²) in [6, 6.07) is 21.5. The van der Waals surface area contributed by atoms with Gasteiger partial charge < -0.3 is 9.47 Å². The van der Waals surface area contributed by atoms with E-state index in [9.17, 15) is 13.2 Å². The van der Waals surface area contributed by atoms with Gasteiger partial charge in [0.05, 0.1) is 31.0 Å². The zero-order valence-electron chi connectivity index (χ0n) is 17.1. The van der Waals surface area contributed by atoms with Crippen LogP contribution >= 0.6 is 0 Å². The molecule has 0 aliphatic rings. The molecule has 7 nitrogen and oxygen atoms in total. The van der Waals surface area contributed by atoms with Gasteiger partial charge in [-0.25, -0.2) is 17.9 Å². The highest BCUT2D eigenvalue weighted by Gasteiger charge is 2.22. The van der Waals surface area contributed by atoms with Gasteiger partial charge in [0.25, 0.3) is 10.0 Å². The number of urea groups is 1. The van der Waals surface area contributed by atoms with E-state index in [-0.39, 0.29) is 0 Å². The molecule has 0 aliphatic carbocycles. The topological polar surface area (TPSA) is 84.9 Å². The molecule has 8 heteroatoms. The second-order valence-electron chi connectivity index (χ2n) is 6.40. The number of rotatable bonds is 7. The van der Waals surface area contributed by atoms with Gasteiger partial charge in [-0.1, -0.05) is 30.3 Å². The summed E-state index contributed by atoms with van der Waals surface area (Å²) in [6.07, 6.45) is 1.42. The number of carbonyl (C=O) groups is 1. The van der Waals surface area contributed by atoms with Gasteiger partial charge in [-0.3, -0.25) is 4.90 Å². The molecule has 0 unspecified atom stereocenters. The van der Waals surface area contributed by atoms with Crippen LogP contribution in [0.5, 0.6) is 11.5 Å². The largest absolute Gasteiger partial charge is 0.497 e. The first kappa shape index (κ1) is 21.9. The van der Waals surface area contributed by atoms with Gasteiger partial charge in [-0.15, -0.1) is 0 Å². The summed E-state index contributed by atoms with van der Waals surface area (Å²) in [5.41, 5.74) is 1.62. The Kier molecular flexibility index (Phi) is 6.94. The first-order valence-electron chi connectivity index (χ1n) is 9.30. The lowest BCUT2D eigenvalue weighted by atomic mass is 10.2. The Morgan fingerprint density at radius 3 is 1.74 bits per heavy atom. The molecule has 0 heterocycles. The average molecular weight is 439 g/mol. The zero-order valence-corrected chi connectivity index (χ0v) is 17.9. The van der Waals surface area contributed by atoms with Gasteiger partial charge in [0.1, 0.15) is 11.5 Å². The fourth-order valence-corrected chi connectivity index (χ4v) is 3.52. The Labute approximate surface area is 181 Å². The molecule has 0 aromatic heterocycles. The van der Waals surface area contributed by atoms with E-state index in [0.717, 1.165) is 5.41 Å². The van der Waals surface area contributed by atoms with Crippen LogP contribution in [0.2, 0.25) is 0 Å². The van der Waals surface area contributed by atoms with Crippen LogP contribution in [0, 0.1) is 0 Å². The average Bonchev–Trinajstić information content (AvgIpc) is 2.79. The van der Waals surface area contributed by atoms with Crippen molar-refractivity contribution >= 4 is 33.5 Å². The van der Waals surface area contributed by atoms with E-state index in [1.165, 1.54) is 25.2 Å². The highest BCUT2D eigenvalue weighted by Crippen LogP contribution is 2.29. The lowest BCUT2D eigenvalue weighted by molar-refractivity contribution is 0.253. The third kappa shape index (κ3) is 5.86. The first-order chi connectivity index (χ1) is 14.9. The Morgan fingerprint density at radius 2 is 1.29 bits per heavy atom. The maximum Gasteiger partial charge on any atom is 0.340 e. The summed E-state index contributed by atoms with van der Waals surface area (Å²) in [4.78, 5) is 14.3. The van der Waals surface area contributed by atoms with Crippen molar-refractivity contribution in [2.75, 3.05) is 19.1 Å². The van der Waals surface area contributed by atoms with Crippen molar-refractivity contribution in [2.24, 2.45) is 0 Å². The SMILES string of the molecule is COc1ccc(N(C(=O)NS(=O)(=O)/C=C/c2ccccc2)c2ccc(OC)cc2)cc1. The number of sulfonamides is 1. The Bertz CT molecular complexity index is 1100. The number of methoxy groups -OCH3 is 2. The summed E-state index contributed by atoms with van der Waals surface area (Å²) in [7, 11) is -0.964. The number of carbonyl (C=O) groups excluding carboxylic acids is 1. The van der Waals surface area contributed by atoms with Crippen LogP contribution in [0.15, 0.2) is 84.3 Å². The molecule has 3 aromatic carbocycles. The molecule has 0 spiro atoms. The molecular weight excluding hydrogens is 416 g/mol. The summed E-state index contributed by atoms with van der Waals surface area (Å²) in [5, 5.41) is 0.959. The van der Waals surface area contributed by atoms with Crippen LogP contribution in [-0.2, 0) is 10.0 Å². The number of amides is 2. The van der Waals surface area contributed by atoms with Crippen molar-refractivity contribution in [3.05, 3.63) is 89.8 Å². The second kappa shape index (κ2) is 9.82. The lowest BCUT2D eigenvalue weighted by Gasteiger charge is -2.23. The van der Waals surface area contributed by atoms with E-state index in [1.54, 1.807) is 72.8 Å². The standard InChI is InChI=1S/C23H22N2O5S/c1-29-21-12-8-19(9-13-21)25(20-10-14-22(30-2)15-11-20)23(26)24-31(27,28)17-16-18-6-4-3-5-7-18/h3-17H,1-2H3,(H,24,26)/b17-16+. The zero-order chi connectivity index (χ0) is 22.3. The Hall–Kier alpha value is -3.78. The molecule has 0 bridgehead atoms. The molecule has 0 saturated heterocycles. The van der Waals surface area contributed by atoms with Crippen LogP contribution < -0.4 is 19.1 Å². The fourth-order valence-electron chi connectivity index (χ4n) is 2.78. The predicted octanol–water partition coefficient (Wildman–Crippen LogP) is 4.55. The van der Waals surface area contributed by atoms with E-state index >= 15 is 0 Å². The minimum Gasteiger partial charge on any atom is -0.497 e. The van der Waals surface area contributed by atoms with Gasteiger partial charge >= 0.3 is 6.03 Å². The molecule has 0 aliphatic heterocycles. The van der Waals surface area contributed by atoms with E-state index in [1.807, 2.05) is 6.07 Å². The molecule has 0 radical (unpaired) electrons. The van der Waals surface area contributed by atoms with Crippen molar-refractivity contribution < 1.29 is 22.7 Å². The maximum atomic E-state index is 13.0. The van der Waals surface area contributed by atoms with Gasteiger partial charge in [-0.2, -0.15) is 0 Å². The molecule has 3 aromatic rings. The molecule has 2 amide bonds. The van der Waals surface area contributed by atoms with Gasteiger partial charge in [-0.05, 0) is 60.2 Å². The number of nitrogens with one attached hydrogen (secondary N) is 1. The quantitative estimate of drug-likeness (QED) is 0.585. The molecule has 31 heavy (non-hydrogen) atoms. The van der Waals surface area contributed by atoms with Crippen molar-refractivity contribution in [2.45, 2.75) is 0 Å². The van der Waals surface area contributed by atoms with E-state index < -0.39 is 16.1 Å². The minimum absolute atomic E-state index is 0.464. The van der Waals surface area contributed by atoms with Crippen LogP contribution in [0.1, 0.15) is 5.56 Å². The van der Waals surface area contributed by atoms with Crippen LogP contribution in [0.4, 0.5) is 16.2 Å². The fraction of sp³-hybridized carbons (Fsp3) is 0.0870. The summed E-state index contributed by atoms with van der Waals surface area (Å²) < 4.78 is 37.4. The Balaban J connectivity index is 1.90. The highest BCUT2D eigenvalue weighted by atomic mass is 32.2. The summed E-state index contributed by atoms with van der Waals surface area (Å²) in [6.45, 7) is 0. The summed E-state index contributed by atoms with van der Waals surface area (Å²) in [5.74, 6) is 1.22. The number of nitrogens with zero attached hydrogens (tertiary/aromatic N) is 1. The smallest absolute Gasteiger partial charge is 0.340 e. The highest BCUT2D eigenvalue weighted by molar-refractivity contribution is 7.93. The molecule has 1 N–H and O–H groups in total. The van der Waals surface area contributed by atoms with Crippen LogP contribution in [0.25, 0.3) is 6.08 Å². The minimum atomic E-state index is -4.04. The van der Waals surface area contributed by atoms with Crippen molar-refractivity contribution in [3.63, 3.8) is 0 Å². The number of ether oxygens (including phenoxy) is 2. The number of hydrogen-bond donors (Lipinski definition) is 1. The molecular formula is C23H22N2O5S. The van der Waals surface area contributed by atoms with E-state index in [0.29, 0.717) is 28.4 Å². The van der Waals surface area contributed by atoms with Crippen LogP contribution in [-0.4, -0.2) is 28.7 Å². The Morgan fingerprint density at radius 1 is 0.806 bits per heavy atom. The van der Waals surface area contributed by atoms with Crippen molar-refractivity contribution in [3.8, 4) is 11.5 Å². The maximum absolute atomic E-state index is 13.0. The molecule has 0 fully saturated rings. The number of benzene rings is 3. The lowest BCUT2D eigenvalue weighted by Crippen LogP contribution is -2.39. The molecule has 3 rings (SSSR count). The van der Waals surface area contributed by atoms with Crippen molar-refractivity contribution in [1.82, 2.24) is 4.72 Å². The van der Waals surface area contributed by atoms with E-state index in [2.05, 4.69) is 4.72 Å². The molecule has 0 saturated carbocycles. The van der Waals surface area contributed by atoms with Crippen molar-refractivity contribution in [1.29, 1.82) is 0 Å². The molecule has 160 valence electrons. The second-order valence-corrected chi connectivity index (χ2v) is 7.96.